The Balaban J connectivity index is 0.00000196. The van der Waals surface area contributed by atoms with Crippen molar-refractivity contribution < 1.29 is 122 Å². The minimum Gasteiger partial charge on any atom is -0.459 e. The van der Waals surface area contributed by atoms with Crippen LogP contribution in [0.1, 0.15) is 20.7 Å². The Kier molecular flexibility index (Phi) is 11.9. The molecule has 2 N–H and O–H groups in total. The summed E-state index contributed by atoms with van der Waals surface area (Å²) < 4.78 is 15.6. The summed E-state index contributed by atoms with van der Waals surface area (Å²) in [5, 5.41) is 19.7. The van der Waals surface area contributed by atoms with E-state index in [-0.39, 0.29) is 94.7 Å². The van der Waals surface area contributed by atoms with Crippen LogP contribution in [0.4, 0.5) is 0 Å². The normalized spacial score (nSPS) is 23.1. The summed E-state index contributed by atoms with van der Waals surface area (Å²) in [4.78, 5) is 24.2. The van der Waals surface area contributed by atoms with E-state index in [1.54, 1.807) is 60.7 Å². The molecule has 1 aliphatic heterocycles. The third-order valence-corrected chi connectivity index (χ3v) is 3.95. The van der Waals surface area contributed by atoms with E-state index < -0.39 is 36.5 Å². The van der Waals surface area contributed by atoms with Gasteiger partial charge in [0.2, 0.25) is 0 Å². The monoisotopic (exact) mass is 812 g/mol. The SMILES string of the molecule is O=C(OCC1OC(O)C(O)C1OC(=O)c1ccccc1)c1ccccc1.[Ac].[Ac]. The summed E-state index contributed by atoms with van der Waals surface area (Å²) >= 11 is 0. The Hall–Kier alpha value is 0.143. The van der Waals surface area contributed by atoms with Gasteiger partial charge in [0.05, 0.1) is 11.1 Å². The second-order valence-electron chi connectivity index (χ2n) is 5.76. The molecule has 0 amide bonds. The first-order valence-electron chi connectivity index (χ1n) is 8.06. The second kappa shape index (κ2) is 12.8. The van der Waals surface area contributed by atoms with E-state index in [9.17, 15) is 19.8 Å². The molecule has 4 unspecified atom stereocenters. The standard InChI is InChI=1S/C19H18O7.2Ac/c20-15-16(26-18(22)13-9-5-2-6-10-13)14(25-19(15)23)11-24-17(21)12-7-3-1-4-8-12;;/h1-10,14-16,19-20,23H,11H2;;. The van der Waals surface area contributed by atoms with Crippen molar-refractivity contribution in [1.82, 2.24) is 0 Å². The van der Waals surface area contributed by atoms with Gasteiger partial charge in [0.1, 0.15) is 18.8 Å². The van der Waals surface area contributed by atoms with Crippen LogP contribution in [-0.4, -0.2) is 53.4 Å². The van der Waals surface area contributed by atoms with Gasteiger partial charge in [0, 0.05) is 88.1 Å². The number of benzene rings is 2. The van der Waals surface area contributed by atoms with E-state index in [1.807, 2.05) is 0 Å². The van der Waals surface area contributed by atoms with Crippen molar-refractivity contribution in [2.75, 3.05) is 6.61 Å². The summed E-state index contributed by atoms with van der Waals surface area (Å²) in [7, 11) is 0. The molecule has 4 atom stereocenters. The molecule has 0 spiro atoms. The van der Waals surface area contributed by atoms with Crippen molar-refractivity contribution >= 4 is 11.9 Å². The molecule has 142 valence electrons. The maximum atomic E-state index is 12.2. The third-order valence-electron chi connectivity index (χ3n) is 3.95. The zero-order valence-corrected chi connectivity index (χ0v) is 24.4. The van der Waals surface area contributed by atoms with E-state index in [1.165, 1.54) is 0 Å². The molecule has 2 radical (unpaired) electrons. The molecule has 9 heteroatoms. The van der Waals surface area contributed by atoms with Crippen molar-refractivity contribution in [3.05, 3.63) is 71.8 Å². The Bertz CT molecular complexity index is 757. The molecule has 7 nitrogen and oxygen atoms in total. The molecule has 1 saturated heterocycles. The first-order chi connectivity index (χ1) is 12.6. The molecule has 1 aliphatic rings. The number of esters is 2. The molecular weight excluding hydrogens is 794 g/mol. The van der Waals surface area contributed by atoms with Crippen molar-refractivity contribution in [3.63, 3.8) is 0 Å². The van der Waals surface area contributed by atoms with Crippen LogP contribution in [0.2, 0.25) is 0 Å². The minimum atomic E-state index is -1.54. The first kappa shape index (κ1) is 26.2. The molecule has 1 fully saturated rings. The van der Waals surface area contributed by atoms with Crippen molar-refractivity contribution in [1.29, 1.82) is 0 Å². The van der Waals surface area contributed by atoms with E-state index >= 15 is 0 Å². The smallest absolute Gasteiger partial charge is 0.338 e. The fraction of sp³-hybridized carbons (Fsp3) is 0.263. The predicted molar refractivity (Wildman–Crippen MR) is 89.3 cm³/mol. The van der Waals surface area contributed by atoms with Gasteiger partial charge in [0.15, 0.2) is 12.4 Å². The average Bonchev–Trinajstić information content (AvgIpc) is 2.95. The molecule has 3 rings (SSSR count). The van der Waals surface area contributed by atoms with Crippen molar-refractivity contribution in [2.45, 2.75) is 24.6 Å². The van der Waals surface area contributed by atoms with Gasteiger partial charge in [-0.15, -0.1) is 0 Å². The number of ether oxygens (including phenoxy) is 3. The number of carbonyl (C=O) groups excluding carboxylic acids is 2. The predicted octanol–water partition coefficient (Wildman–Crippen LogP) is 1.15. The molecule has 1 heterocycles. The van der Waals surface area contributed by atoms with Crippen LogP contribution in [0.3, 0.4) is 0 Å². The van der Waals surface area contributed by atoms with Crippen molar-refractivity contribution in [3.8, 4) is 0 Å². The van der Waals surface area contributed by atoms with Gasteiger partial charge in [0.25, 0.3) is 0 Å². The zero-order valence-electron chi connectivity index (χ0n) is 14.9. The number of rotatable bonds is 5. The largest absolute Gasteiger partial charge is 0.459 e. The van der Waals surface area contributed by atoms with E-state index in [0.717, 1.165) is 0 Å². The number of aliphatic hydroxyl groups is 2. The molecule has 2 aromatic carbocycles. The van der Waals surface area contributed by atoms with E-state index in [0.29, 0.717) is 11.1 Å². The van der Waals surface area contributed by atoms with Crippen molar-refractivity contribution in [2.24, 2.45) is 0 Å². The molecular formula is C19H18Ac2O7. The summed E-state index contributed by atoms with van der Waals surface area (Å²) in [5.41, 5.74) is 0.644. The van der Waals surface area contributed by atoms with Crippen LogP contribution in [0.25, 0.3) is 0 Å². The number of hydrogen-bond donors (Lipinski definition) is 2. The molecule has 0 aromatic heterocycles. The summed E-state index contributed by atoms with van der Waals surface area (Å²) in [6.45, 7) is -0.283. The van der Waals surface area contributed by atoms with Crippen LogP contribution in [0.5, 0.6) is 0 Å². The number of hydrogen-bond acceptors (Lipinski definition) is 7. The van der Waals surface area contributed by atoms with Crippen LogP contribution in [0, 0.1) is 88.1 Å². The van der Waals surface area contributed by atoms with Crippen LogP contribution in [0.15, 0.2) is 60.7 Å². The van der Waals surface area contributed by atoms with Gasteiger partial charge in [-0.1, -0.05) is 36.4 Å². The van der Waals surface area contributed by atoms with Gasteiger partial charge in [-0.2, -0.15) is 0 Å². The van der Waals surface area contributed by atoms with Crippen LogP contribution in [-0.2, 0) is 14.2 Å². The molecule has 0 saturated carbocycles. The van der Waals surface area contributed by atoms with Crippen LogP contribution < -0.4 is 0 Å². The van der Waals surface area contributed by atoms with E-state index in [4.69, 9.17) is 14.2 Å². The third kappa shape index (κ3) is 6.84. The number of aliphatic hydroxyl groups excluding tert-OH is 2. The van der Waals surface area contributed by atoms with Crippen LogP contribution >= 0.6 is 0 Å². The van der Waals surface area contributed by atoms with E-state index in [2.05, 4.69) is 0 Å². The van der Waals surface area contributed by atoms with Gasteiger partial charge in [-0.25, -0.2) is 9.59 Å². The average molecular weight is 812 g/mol. The van der Waals surface area contributed by atoms with Gasteiger partial charge < -0.3 is 24.4 Å². The minimum absolute atomic E-state index is 0. The zero-order chi connectivity index (χ0) is 18.5. The Morgan fingerprint density at radius 3 is 1.89 bits per heavy atom. The van der Waals surface area contributed by atoms with Gasteiger partial charge >= 0.3 is 11.9 Å². The molecule has 0 aliphatic carbocycles. The molecule has 0 bridgehead atoms. The maximum Gasteiger partial charge on any atom is 0.338 e. The molecule has 2 aromatic rings. The first-order valence-corrected chi connectivity index (χ1v) is 8.06. The topological polar surface area (TPSA) is 102 Å². The Labute approximate surface area is 233 Å². The Morgan fingerprint density at radius 1 is 0.857 bits per heavy atom. The quantitative estimate of drug-likeness (QED) is 0.438. The second-order valence-corrected chi connectivity index (χ2v) is 5.76. The fourth-order valence-electron chi connectivity index (χ4n) is 2.58. The maximum absolute atomic E-state index is 12.2. The van der Waals surface area contributed by atoms with Gasteiger partial charge in [-0.05, 0) is 24.3 Å². The van der Waals surface area contributed by atoms with Gasteiger partial charge in [-0.3, -0.25) is 0 Å². The summed E-state index contributed by atoms with van der Waals surface area (Å²) in [6, 6.07) is 16.6. The summed E-state index contributed by atoms with van der Waals surface area (Å²) in [5.74, 6) is -1.26. The molecule has 28 heavy (non-hydrogen) atoms. The Morgan fingerprint density at radius 2 is 1.36 bits per heavy atom. The summed E-state index contributed by atoms with van der Waals surface area (Å²) in [6.07, 6.45) is -5.13. The number of carbonyl (C=O) groups is 2. The fourth-order valence-corrected chi connectivity index (χ4v) is 2.58.